The fourth-order valence-electron chi connectivity index (χ4n) is 3.51. The Morgan fingerprint density at radius 2 is 1.62 bits per heavy atom. The lowest BCUT2D eigenvalue weighted by Gasteiger charge is -2.10. The molecule has 5 rings (SSSR count). The van der Waals surface area contributed by atoms with Gasteiger partial charge in [0.2, 0.25) is 12.6 Å². The molecule has 0 atom stereocenters. The van der Waals surface area contributed by atoms with Crippen molar-refractivity contribution in [3.63, 3.8) is 0 Å². The minimum atomic E-state index is -4.60. The molecule has 0 aliphatic carbocycles. The van der Waals surface area contributed by atoms with Crippen molar-refractivity contribution in [3.8, 4) is 11.5 Å². The van der Waals surface area contributed by atoms with E-state index in [1.54, 1.807) is 42.5 Å². The third kappa shape index (κ3) is 4.01. The van der Waals surface area contributed by atoms with Crippen molar-refractivity contribution in [1.29, 1.82) is 0 Å². The number of rotatable bonds is 4. The van der Waals surface area contributed by atoms with E-state index in [4.69, 9.17) is 13.9 Å². The van der Waals surface area contributed by atoms with E-state index in [-0.39, 0.29) is 23.8 Å². The van der Waals surface area contributed by atoms with E-state index in [2.05, 4.69) is 10.6 Å². The first kappa shape index (κ1) is 21.4. The zero-order valence-corrected chi connectivity index (χ0v) is 17.2. The van der Waals surface area contributed by atoms with Crippen molar-refractivity contribution in [2.24, 2.45) is 0 Å². The number of hydrogen-bond acceptors (Lipinski definition) is 5. The molecular formula is C24H15F3N2O5. The SMILES string of the molecule is O=C(Nc1c(C(=O)Nc2ccc3c(c2)OCO3)oc2ccccc12)c1cccc(C(F)(F)F)c1. The van der Waals surface area contributed by atoms with Crippen LogP contribution in [0.15, 0.2) is 71.1 Å². The number of carbonyl (C=O) groups is 2. The number of halogens is 3. The number of hydrogen-bond donors (Lipinski definition) is 2. The molecule has 0 unspecified atom stereocenters. The molecule has 7 nitrogen and oxygen atoms in total. The number of carbonyl (C=O) groups excluding carboxylic acids is 2. The fourth-order valence-corrected chi connectivity index (χ4v) is 3.51. The van der Waals surface area contributed by atoms with Crippen LogP contribution in [0.25, 0.3) is 11.0 Å². The summed E-state index contributed by atoms with van der Waals surface area (Å²) in [6.07, 6.45) is -4.60. The summed E-state index contributed by atoms with van der Waals surface area (Å²) in [6, 6.07) is 15.4. The Balaban J connectivity index is 1.47. The summed E-state index contributed by atoms with van der Waals surface area (Å²) < 4.78 is 55.4. The average Bonchev–Trinajstić information content (AvgIpc) is 3.43. The molecule has 2 N–H and O–H groups in total. The van der Waals surface area contributed by atoms with Gasteiger partial charge in [-0.2, -0.15) is 13.2 Å². The maximum Gasteiger partial charge on any atom is 0.416 e. The highest BCUT2D eigenvalue weighted by molar-refractivity contribution is 6.17. The van der Waals surface area contributed by atoms with Crippen LogP contribution in [0.5, 0.6) is 11.5 Å². The van der Waals surface area contributed by atoms with Gasteiger partial charge in [-0.1, -0.05) is 18.2 Å². The van der Waals surface area contributed by atoms with E-state index in [0.717, 1.165) is 18.2 Å². The molecule has 0 radical (unpaired) electrons. The third-order valence-corrected chi connectivity index (χ3v) is 5.12. The number of nitrogens with one attached hydrogen (secondary N) is 2. The minimum absolute atomic E-state index is 0.0382. The van der Waals surface area contributed by atoms with Gasteiger partial charge in [0.25, 0.3) is 11.8 Å². The summed E-state index contributed by atoms with van der Waals surface area (Å²) in [4.78, 5) is 25.8. The van der Waals surface area contributed by atoms with Crippen LogP contribution in [0.3, 0.4) is 0 Å². The second-order valence-corrected chi connectivity index (χ2v) is 7.36. The molecule has 0 spiro atoms. The van der Waals surface area contributed by atoms with Gasteiger partial charge in [0.05, 0.1) is 5.56 Å². The van der Waals surface area contributed by atoms with Crippen LogP contribution >= 0.6 is 0 Å². The third-order valence-electron chi connectivity index (χ3n) is 5.12. The molecule has 0 fully saturated rings. The Bertz CT molecular complexity index is 1430. The maximum atomic E-state index is 13.1. The van der Waals surface area contributed by atoms with Crippen LogP contribution in [0.1, 0.15) is 26.5 Å². The Labute approximate surface area is 190 Å². The lowest BCUT2D eigenvalue weighted by Crippen LogP contribution is -2.18. The molecule has 1 aromatic heterocycles. The highest BCUT2D eigenvalue weighted by Crippen LogP contribution is 2.36. The number of furan rings is 1. The molecule has 3 aromatic carbocycles. The number of benzene rings is 3. The number of alkyl halides is 3. The molecule has 10 heteroatoms. The zero-order valence-electron chi connectivity index (χ0n) is 17.2. The fraction of sp³-hybridized carbons (Fsp3) is 0.0833. The number of ether oxygens (including phenoxy) is 2. The van der Waals surface area contributed by atoms with E-state index in [9.17, 15) is 22.8 Å². The molecule has 34 heavy (non-hydrogen) atoms. The van der Waals surface area contributed by atoms with Crippen molar-refractivity contribution < 1.29 is 36.7 Å². The summed E-state index contributed by atoms with van der Waals surface area (Å²) in [5.74, 6) is -0.709. The lowest BCUT2D eigenvalue weighted by molar-refractivity contribution is -0.137. The predicted octanol–water partition coefficient (Wildman–Crippen LogP) is 5.68. The van der Waals surface area contributed by atoms with Gasteiger partial charge in [0.1, 0.15) is 11.3 Å². The summed E-state index contributed by atoms with van der Waals surface area (Å²) in [7, 11) is 0. The summed E-state index contributed by atoms with van der Waals surface area (Å²) in [5.41, 5.74) is -0.431. The number of anilines is 2. The number of fused-ring (bicyclic) bond motifs is 2. The van der Waals surface area contributed by atoms with Crippen molar-refractivity contribution >= 4 is 34.2 Å². The van der Waals surface area contributed by atoms with Crippen LogP contribution in [-0.2, 0) is 6.18 Å². The van der Waals surface area contributed by atoms with Crippen LogP contribution in [0.4, 0.5) is 24.5 Å². The smallest absolute Gasteiger partial charge is 0.416 e. The summed E-state index contributed by atoms with van der Waals surface area (Å²) >= 11 is 0. The number of para-hydroxylation sites is 1. The number of amides is 2. The molecule has 0 saturated carbocycles. The molecule has 0 bridgehead atoms. The molecule has 4 aromatic rings. The van der Waals surface area contributed by atoms with Gasteiger partial charge in [-0.05, 0) is 42.5 Å². The largest absolute Gasteiger partial charge is 0.454 e. The van der Waals surface area contributed by atoms with E-state index >= 15 is 0 Å². The highest BCUT2D eigenvalue weighted by Gasteiger charge is 2.31. The summed E-state index contributed by atoms with van der Waals surface area (Å²) in [6.45, 7) is 0.0715. The molecule has 0 saturated heterocycles. The van der Waals surface area contributed by atoms with Gasteiger partial charge < -0.3 is 24.5 Å². The Hall–Kier alpha value is -4.47. The van der Waals surface area contributed by atoms with E-state index in [1.165, 1.54) is 6.07 Å². The van der Waals surface area contributed by atoms with Gasteiger partial charge in [-0.25, -0.2) is 0 Å². The van der Waals surface area contributed by atoms with Gasteiger partial charge in [0, 0.05) is 22.7 Å². The molecule has 1 aliphatic rings. The van der Waals surface area contributed by atoms with Crippen molar-refractivity contribution in [3.05, 3.63) is 83.6 Å². The van der Waals surface area contributed by atoms with E-state index < -0.39 is 23.6 Å². The van der Waals surface area contributed by atoms with Gasteiger partial charge in [-0.3, -0.25) is 9.59 Å². The molecular weight excluding hydrogens is 453 g/mol. The first-order valence-electron chi connectivity index (χ1n) is 10.0. The van der Waals surface area contributed by atoms with E-state index in [1.807, 2.05) is 0 Å². The first-order valence-corrected chi connectivity index (χ1v) is 10.0. The van der Waals surface area contributed by atoms with E-state index in [0.29, 0.717) is 28.2 Å². The quantitative estimate of drug-likeness (QED) is 0.402. The van der Waals surface area contributed by atoms with Crippen LogP contribution < -0.4 is 20.1 Å². The lowest BCUT2D eigenvalue weighted by atomic mass is 10.1. The van der Waals surface area contributed by atoms with Gasteiger partial charge >= 0.3 is 6.18 Å². The predicted molar refractivity (Wildman–Crippen MR) is 116 cm³/mol. The van der Waals surface area contributed by atoms with Crippen molar-refractivity contribution in [1.82, 2.24) is 0 Å². The Morgan fingerprint density at radius 1 is 0.824 bits per heavy atom. The second kappa shape index (κ2) is 8.14. The zero-order chi connectivity index (χ0) is 23.9. The topological polar surface area (TPSA) is 89.8 Å². The molecule has 172 valence electrons. The monoisotopic (exact) mass is 468 g/mol. The van der Waals surface area contributed by atoms with Gasteiger partial charge in [-0.15, -0.1) is 0 Å². The van der Waals surface area contributed by atoms with Crippen molar-refractivity contribution in [2.75, 3.05) is 17.4 Å². The molecule has 2 heterocycles. The minimum Gasteiger partial charge on any atom is -0.454 e. The summed E-state index contributed by atoms with van der Waals surface area (Å²) in [5, 5.41) is 5.61. The molecule has 1 aliphatic heterocycles. The first-order chi connectivity index (χ1) is 16.3. The maximum absolute atomic E-state index is 13.1. The second-order valence-electron chi connectivity index (χ2n) is 7.36. The highest BCUT2D eigenvalue weighted by atomic mass is 19.4. The van der Waals surface area contributed by atoms with Crippen LogP contribution in [0.2, 0.25) is 0 Å². The van der Waals surface area contributed by atoms with Crippen LogP contribution in [-0.4, -0.2) is 18.6 Å². The average molecular weight is 468 g/mol. The molecule has 2 amide bonds. The van der Waals surface area contributed by atoms with Crippen LogP contribution in [0, 0.1) is 0 Å². The normalized spacial score (nSPS) is 12.6. The standard InChI is InChI=1S/C24H15F3N2O5/c25-24(26,27)14-5-3-4-13(10-14)22(30)29-20-16-6-1-2-7-17(16)34-21(20)23(31)28-15-8-9-18-19(11-15)33-12-32-18/h1-11H,12H2,(H,28,31)(H,29,30). The van der Waals surface area contributed by atoms with Gasteiger partial charge in [0.15, 0.2) is 11.5 Å². The van der Waals surface area contributed by atoms with Crippen molar-refractivity contribution in [2.45, 2.75) is 6.18 Å². The Morgan fingerprint density at radius 3 is 2.44 bits per heavy atom. The Kier molecular flexibility index (Phi) is 5.12.